The maximum absolute atomic E-state index is 2.69. The largest absolute Gasteiger partial charge is 0.306 e. The molecule has 23 heavy (non-hydrogen) atoms. The molecule has 1 atom stereocenters. The van der Waals surface area contributed by atoms with E-state index in [2.05, 4.69) is 68.8 Å². The van der Waals surface area contributed by atoms with Crippen LogP contribution in [0.15, 0.2) is 24.3 Å². The van der Waals surface area contributed by atoms with Gasteiger partial charge in [-0.15, -0.1) is 0 Å². The van der Waals surface area contributed by atoms with Gasteiger partial charge < -0.3 is 9.80 Å². The Balaban J connectivity index is 1.78. The van der Waals surface area contributed by atoms with Crippen molar-refractivity contribution in [2.24, 2.45) is 11.3 Å². The predicted molar refractivity (Wildman–Crippen MR) is 101 cm³/mol. The number of piperidine rings is 1. The fourth-order valence-corrected chi connectivity index (χ4v) is 3.99. The highest BCUT2D eigenvalue weighted by molar-refractivity contribution is 5.25. The van der Waals surface area contributed by atoms with Gasteiger partial charge in [-0.3, -0.25) is 0 Å². The first kappa shape index (κ1) is 18.5. The van der Waals surface area contributed by atoms with Gasteiger partial charge >= 0.3 is 0 Å². The first-order valence-corrected chi connectivity index (χ1v) is 9.29. The molecule has 0 unspecified atom stereocenters. The summed E-state index contributed by atoms with van der Waals surface area (Å²) >= 11 is 0. The second-order valence-electron chi connectivity index (χ2n) is 8.74. The van der Waals surface area contributed by atoms with E-state index in [4.69, 9.17) is 0 Å². The minimum atomic E-state index is 0.397. The summed E-state index contributed by atoms with van der Waals surface area (Å²) in [7, 11) is 2.29. The van der Waals surface area contributed by atoms with Gasteiger partial charge in [-0.05, 0) is 62.2 Å². The van der Waals surface area contributed by atoms with Crippen molar-refractivity contribution in [2.45, 2.75) is 47.0 Å². The molecule has 1 heterocycles. The number of aryl methyl sites for hydroxylation is 1. The van der Waals surface area contributed by atoms with E-state index in [1.165, 1.54) is 63.1 Å². The van der Waals surface area contributed by atoms with E-state index in [0.717, 1.165) is 5.92 Å². The Morgan fingerprint density at radius 1 is 1.22 bits per heavy atom. The van der Waals surface area contributed by atoms with Gasteiger partial charge in [0.1, 0.15) is 0 Å². The molecule has 0 aliphatic carbocycles. The monoisotopic (exact) mass is 316 g/mol. The topological polar surface area (TPSA) is 6.48 Å². The molecule has 1 saturated heterocycles. The predicted octanol–water partition coefficient (Wildman–Crippen LogP) is 4.23. The molecule has 1 aliphatic heterocycles. The molecule has 1 aromatic carbocycles. The van der Waals surface area contributed by atoms with Crippen LogP contribution < -0.4 is 0 Å². The second-order valence-corrected chi connectivity index (χ2v) is 8.74. The van der Waals surface area contributed by atoms with Gasteiger partial charge in [0.15, 0.2) is 0 Å². The Labute approximate surface area is 143 Å². The van der Waals surface area contributed by atoms with Crippen LogP contribution in [0, 0.1) is 18.3 Å². The van der Waals surface area contributed by atoms with Gasteiger partial charge in [0.2, 0.25) is 0 Å². The van der Waals surface area contributed by atoms with Gasteiger partial charge in [-0.2, -0.15) is 0 Å². The summed E-state index contributed by atoms with van der Waals surface area (Å²) in [4.78, 5) is 5.22. The van der Waals surface area contributed by atoms with Crippen LogP contribution >= 0.6 is 0 Å². The zero-order valence-electron chi connectivity index (χ0n) is 15.9. The van der Waals surface area contributed by atoms with E-state index in [1.807, 2.05) is 0 Å². The van der Waals surface area contributed by atoms with Gasteiger partial charge in [0.25, 0.3) is 0 Å². The molecule has 2 heteroatoms. The van der Waals surface area contributed by atoms with Crippen molar-refractivity contribution in [1.82, 2.24) is 9.80 Å². The fraction of sp³-hybridized carbons (Fsp3) is 0.714. The minimum Gasteiger partial charge on any atom is -0.306 e. The molecule has 0 spiro atoms. The zero-order valence-corrected chi connectivity index (χ0v) is 15.9. The molecule has 0 amide bonds. The smallest absolute Gasteiger partial charge is 0.00271 e. The van der Waals surface area contributed by atoms with Gasteiger partial charge in [-0.1, -0.05) is 45.0 Å². The molecular formula is C21H36N2. The highest BCUT2D eigenvalue weighted by Gasteiger charge is 2.22. The average Bonchev–Trinajstić information content (AvgIpc) is 2.45. The van der Waals surface area contributed by atoms with E-state index in [0.29, 0.717) is 5.41 Å². The number of benzene rings is 1. The van der Waals surface area contributed by atoms with Crippen molar-refractivity contribution >= 4 is 0 Å². The molecule has 1 aromatic rings. The summed E-state index contributed by atoms with van der Waals surface area (Å²) in [5.74, 6) is 0.841. The van der Waals surface area contributed by atoms with Crippen molar-refractivity contribution in [3.8, 4) is 0 Å². The molecule has 130 valence electrons. The maximum Gasteiger partial charge on any atom is 0.00271 e. The lowest BCUT2D eigenvalue weighted by Crippen LogP contribution is -2.42. The summed E-state index contributed by atoms with van der Waals surface area (Å²) < 4.78 is 0. The van der Waals surface area contributed by atoms with Crippen LogP contribution in [0.2, 0.25) is 0 Å². The average molecular weight is 317 g/mol. The maximum atomic E-state index is 2.69. The van der Waals surface area contributed by atoms with E-state index in [9.17, 15) is 0 Å². The number of hydrogen-bond acceptors (Lipinski definition) is 2. The van der Waals surface area contributed by atoms with Crippen LogP contribution in [0.3, 0.4) is 0 Å². The molecule has 0 radical (unpaired) electrons. The summed E-state index contributed by atoms with van der Waals surface area (Å²) in [6.45, 7) is 15.4. The van der Waals surface area contributed by atoms with Crippen molar-refractivity contribution in [1.29, 1.82) is 0 Å². The van der Waals surface area contributed by atoms with Crippen LogP contribution in [-0.4, -0.2) is 49.6 Å². The Morgan fingerprint density at radius 2 is 1.96 bits per heavy atom. The van der Waals surface area contributed by atoms with E-state index < -0.39 is 0 Å². The number of nitrogens with zero attached hydrogens (tertiary/aromatic N) is 2. The van der Waals surface area contributed by atoms with E-state index in [-0.39, 0.29) is 0 Å². The Kier molecular flexibility index (Phi) is 6.67. The van der Waals surface area contributed by atoms with Crippen molar-refractivity contribution in [3.05, 3.63) is 35.4 Å². The van der Waals surface area contributed by atoms with Crippen LogP contribution in [-0.2, 0) is 6.42 Å². The highest BCUT2D eigenvalue weighted by Crippen LogP contribution is 2.20. The van der Waals surface area contributed by atoms with E-state index in [1.54, 1.807) is 0 Å². The van der Waals surface area contributed by atoms with Gasteiger partial charge in [-0.25, -0.2) is 0 Å². The van der Waals surface area contributed by atoms with Crippen molar-refractivity contribution in [2.75, 3.05) is 39.8 Å². The van der Waals surface area contributed by atoms with Crippen molar-refractivity contribution < 1.29 is 0 Å². The molecule has 0 bridgehead atoms. The Hall–Kier alpha value is -0.860. The minimum absolute atomic E-state index is 0.397. The normalized spacial score (nSPS) is 20.2. The number of likely N-dealkylation sites (tertiary alicyclic amines) is 1. The summed E-state index contributed by atoms with van der Waals surface area (Å²) in [6.07, 6.45) is 3.95. The first-order valence-electron chi connectivity index (χ1n) is 9.29. The van der Waals surface area contributed by atoms with Gasteiger partial charge in [0, 0.05) is 26.2 Å². The van der Waals surface area contributed by atoms with Crippen molar-refractivity contribution in [3.63, 3.8) is 0 Å². The third-order valence-corrected chi connectivity index (χ3v) is 4.88. The fourth-order valence-electron chi connectivity index (χ4n) is 3.99. The molecule has 0 N–H and O–H groups in total. The molecule has 1 aliphatic rings. The lowest BCUT2D eigenvalue weighted by Gasteiger charge is -2.36. The SMILES string of the molecule is Cc1ccccc1CCN1CCC[C@@H](CN(C)CC(C)(C)C)C1. The van der Waals surface area contributed by atoms with Crippen LogP contribution in [0.1, 0.15) is 44.7 Å². The Bertz CT molecular complexity index is 475. The van der Waals surface area contributed by atoms with Crippen LogP contribution in [0.25, 0.3) is 0 Å². The standard InChI is InChI=1S/C21H36N2/c1-18-9-6-7-11-20(18)12-14-23-13-8-10-19(16-23)15-22(5)17-21(2,3)4/h6-7,9,11,19H,8,10,12-17H2,1-5H3/t19-/m0/s1. The first-order chi connectivity index (χ1) is 10.8. The summed E-state index contributed by atoms with van der Waals surface area (Å²) in [5.41, 5.74) is 3.35. The van der Waals surface area contributed by atoms with Gasteiger partial charge in [0.05, 0.1) is 0 Å². The molecule has 0 saturated carbocycles. The molecule has 0 aromatic heterocycles. The molecule has 2 nitrogen and oxygen atoms in total. The number of hydrogen-bond donors (Lipinski definition) is 0. The zero-order chi connectivity index (χ0) is 16.9. The summed E-state index contributed by atoms with van der Waals surface area (Å²) in [6, 6.07) is 8.83. The van der Waals surface area contributed by atoms with Crippen LogP contribution in [0.4, 0.5) is 0 Å². The molecule has 2 rings (SSSR count). The summed E-state index contributed by atoms with van der Waals surface area (Å²) in [5, 5.41) is 0. The quantitative estimate of drug-likeness (QED) is 0.775. The third-order valence-electron chi connectivity index (χ3n) is 4.88. The third kappa shape index (κ3) is 6.64. The highest BCUT2D eigenvalue weighted by atomic mass is 15.2. The van der Waals surface area contributed by atoms with E-state index >= 15 is 0 Å². The molecule has 1 fully saturated rings. The number of rotatable bonds is 6. The lowest BCUT2D eigenvalue weighted by molar-refractivity contribution is 0.128. The Morgan fingerprint density at radius 3 is 2.65 bits per heavy atom. The molecular weight excluding hydrogens is 280 g/mol. The van der Waals surface area contributed by atoms with Crippen LogP contribution in [0.5, 0.6) is 0 Å². The second kappa shape index (κ2) is 8.30. The lowest BCUT2D eigenvalue weighted by atomic mass is 9.93.